The third-order valence-corrected chi connectivity index (χ3v) is 6.88. The quantitative estimate of drug-likeness (QED) is 0.371. The predicted molar refractivity (Wildman–Crippen MR) is 128 cm³/mol. The highest BCUT2D eigenvalue weighted by Gasteiger charge is 2.43. The van der Waals surface area contributed by atoms with Crippen molar-refractivity contribution in [3.63, 3.8) is 0 Å². The minimum atomic E-state index is -0.168. The molecule has 2 unspecified atom stereocenters. The van der Waals surface area contributed by atoms with Gasteiger partial charge in [-0.2, -0.15) is 15.6 Å². The van der Waals surface area contributed by atoms with Crippen LogP contribution in [0, 0.1) is 22.7 Å². The number of rotatable bonds is 2. The van der Waals surface area contributed by atoms with Crippen LogP contribution in [0.3, 0.4) is 0 Å². The molecule has 1 aromatic carbocycles. The lowest BCUT2D eigenvalue weighted by Gasteiger charge is -2.29. The minimum absolute atomic E-state index is 0.0218. The Kier molecular flexibility index (Phi) is 8.15. The van der Waals surface area contributed by atoms with E-state index in [0.29, 0.717) is 0 Å². The van der Waals surface area contributed by atoms with E-state index in [1.807, 2.05) is 48.6 Å². The highest BCUT2D eigenvalue weighted by atomic mass is 35.5. The molecule has 2 aromatic heterocycles. The van der Waals surface area contributed by atoms with Crippen molar-refractivity contribution in [1.82, 2.24) is 15.0 Å². The molecule has 4 rings (SSSR count). The van der Waals surface area contributed by atoms with Crippen LogP contribution < -0.4 is 0 Å². The number of hydrogen-bond donors (Lipinski definition) is 0. The van der Waals surface area contributed by atoms with Crippen molar-refractivity contribution in [2.75, 3.05) is 7.05 Å². The van der Waals surface area contributed by atoms with E-state index < -0.39 is 0 Å². The van der Waals surface area contributed by atoms with Crippen molar-refractivity contribution < 1.29 is 4.84 Å². The molecule has 10 heteroatoms. The molecule has 2 atom stereocenters. The van der Waals surface area contributed by atoms with Gasteiger partial charge in [0, 0.05) is 30.9 Å². The van der Waals surface area contributed by atoms with Gasteiger partial charge in [0.2, 0.25) is 0 Å². The van der Waals surface area contributed by atoms with Gasteiger partial charge in [-0.05, 0) is 36.2 Å². The molecule has 0 saturated carbocycles. The van der Waals surface area contributed by atoms with Gasteiger partial charge in [0.15, 0.2) is 11.4 Å². The van der Waals surface area contributed by atoms with Crippen LogP contribution in [0.2, 0.25) is 20.1 Å². The number of hydrogen-bond acceptors (Lipinski definition) is 6. The van der Waals surface area contributed by atoms with Crippen LogP contribution in [0.1, 0.15) is 42.0 Å². The fourth-order valence-electron chi connectivity index (χ4n) is 3.33. The van der Waals surface area contributed by atoms with Crippen molar-refractivity contribution in [2.24, 2.45) is 0 Å². The Morgan fingerprint density at radius 2 is 1.61 bits per heavy atom. The van der Waals surface area contributed by atoms with E-state index in [4.69, 9.17) is 61.8 Å². The molecule has 1 fully saturated rings. The van der Waals surface area contributed by atoms with Crippen LogP contribution in [-0.4, -0.2) is 22.1 Å². The Balaban J connectivity index is 0.000000205. The maximum Gasteiger partial charge on any atom is 0.162 e. The van der Waals surface area contributed by atoms with Gasteiger partial charge in [-0.15, -0.1) is 0 Å². The molecule has 0 bridgehead atoms. The molecular weight excluding hydrogens is 504 g/mol. The van der Waals surface area contributed by atoms with Crippen molar-refractivity contribution in [2.45, 2.75) is 25.0 Å². The summed E-state index contributed by atoms with van der Waals surface area (Å²) in [4.78, 5) is 13.8. The van der Waals surface area contributed by atoms with Gasteiger partial charge in [0.1, 0.15) is 18.2 Å². The summed E-state index contributed by atoms with van der Waals surface area (Å²) in [6.45, 7) is 2.18. The molecule has 168 valence electrons. The molecule has 0 aliphatic carbocycles. The van der Waals surface area contributed by atoms with E-state index in [1.165, 1.54) is 5.56 Å². The zero-order valence-corrected chi connectivity index (χ0v) is 20.6. The predicted octanol–water partition coefficient (Wildman–Crippen LogP) is 6.74. The second-order valence-corrected chi connectivity index (χ2v) is 8.91. The summed E-state index contributed by atoms with van der Waals surface area (Å²) < 4.78 is 0. The molecule has 33 heavy (non-hydrogen) atoms. The van der Waals surface area contributed by atoms with Crippen LogP contribution in [0.5, 0.6) is 0 Å². The zero-order valence-electron chi connectivity index (χ0n) is 17.6. The average Bonchev–Trinajstić information content (AvgIpc) is 3.14. The Morgan fingerprint density at radius 3 is 2.12 bits per heavy atom. The first-order chi connectivity index (χ1) is 15.7. The fourth-order valence-corrected chi connectivity index (χ4v) is 4.04. The van der Waals surface area contributed by atoms with Crippen molar-refractivity contribution in [1.29, 1.82) is 10.5 Å². The summed E-state index contributed by atoms with van der Waals surface area (Å²) in [6.07, 6.45) is 4.63. The lowest BCUT2D eigenvalue weighted by atomic mass is 9.87. The molecule has 3 aromatic rings. The second kappa shape index (κ2) is 10.7. The van der Waals surface area contributed by atoms with Crippen LogP contribution >= 0.6 is 46.4 Å². The van der Waals surface area contributed by atoms with Crippen LogP contribution in [0.25, 0.3) is 0 Å². The normalized spacial score (nSPS) is 19.8. The average molecular weight is 521 g/mol. The van der Waals surface area contributed by atoms with E-state index in [0.717, 1.165) is 17.0 Å². The van der Waals surface area contributed by atoms with Crippen LogP contribution in [0.4, 0.5) is 0 Å². The largest absolute Gasteiger partial charge is 0.290 e. The number of hydroxylamine groups is 2. The smallest absolute Gasteiger partial charge is 0.162 e. The Bertz CT molecular complexity index is 1190. The number of pyridine rings is 2. The van der Waals surface area contributed by atoms with Gasteiger partial charge in [-0.25, -0.2) is 4.98 Å². The second-order valence-electron chi connectivity index (χ2n) is 7.34. The molecule has 3 heterocycles. The molecule has 0 spiro atoms. The summed E-state index contributed by atoms with van der Waals surface area (Å²) in [5.41, 5.74) is 1.94. The van der Waals surface area contributed by atoms with Gasteiger partial charge in [0.25, 0.3) is 0 Å². The minimum Gasteiger partial charge on any atom is -0.290 e. The van der Waals surface area contributed by atoms with Gasteiger partial charge in [-0.3, -0.25) is 9.82 Å². The maximum atomic E-state index is 8.55. The summed E-state index contributed by atoms with van der Waals surface area (Å²) in [7, 11) is 1.98. The number of benzene rings is 1. The molecule has 1 aliphatic rings. The molecule has 0 amide bonds. The molecule has 0 radical (unpaired) electrons. The number of nitriles is 2. The molecule has 6 nitrogen and oxygen atoms in total. The first-order valence-corrected chi connectivity index (χ1v) is 11.1. The number of aromatic nitrogens is 2. The van der Waals surface area contributed by atoms with Gasteiger partial charge in [-0.1, -0.05) is 64.6 Å². The third kappa shape index (κ3) is 5.39. The fraction of sp³-hybridized carbons (Fsp3) is 0.217. The Labute approximate surface area is 211 Å². The third-order valence-electron chi connectivity index (χ3n) is 5.33. The topological polar surface area (TPSA) is 85.8 Å². The van der Waals surface area contributed by atoms with E-state index in [1.54, 1.807) is 18.3 Å². The first-order valence-electron chi connectivity index (χ1n) is 9.62. The summed E-state index contributed by atoms with van der Waals surface area (Å²) in [6, 6.07) is 15.3. The maximum absolute atomic E-state index is 8.55. The lowest BCUT2D eigenvalue weighted by Crippen LogP contribution is -2.34. The first kappa shape index (κ1) is 25.2. The number of nitrogens with zero attached hydrogens (tertiary/aromatic N) is 5. The lowest BCUT2D eigenvalue weighted by molar-refractivity contribution is -0.169. The Hall–Kier alpha value is -2.42. The summed E-state index contributed by atoms with van der Waals surface area (Å²) in [5.74, 6) is 0. The Morgan fingerprint density at radius 1 is 1.00 bits per heavy atom. The van der Waals surface area contributed by atoms with E-state index in [9.17, 15) is 0 Å². The van der Waals surface area contributed by atoms with Gasteiger partial charge < -0.3 is 0 Å². The van der Waals surface area contributed by atoms with Gasteiger partial charge in [0.05, 0.1) is 20.6 Å². The van der Waals surface area contributed by atoms with E-state index >= 15 is 0 Å². The molecule has 1 saturated heterocycles. The summed E-state index contributed by atoms with van der Waals surface area (Å²) in [5, 5.41) is 19.7. The number of halogens is 4. The zero-order chi connectivity index (χ0) is 24.2. The van der Waals surface area contributed by atoms with Crippen molar-refractivity contribution in [3.05, 3.63) is 91.4 Å². The highest BCUT2D eigenvalue weighted by molar-refractivity contribution is 6.48. The van der Waals surface area contributed by atoms with Crippen molar-refractivity contribution in [3.8, 4) is 12.1 Å². The monoisotopic (exact) mass is 519 g/mol. The molecule has 0 N–H and O–H groups in total. The highest BCUT2D eigenvalue weighted by Crippen LogP contribution is 2.45. The van der Waals surface area contributed by atoms with E-state index in [-0.39, 0.29) is 38.1 Å². The van der Waals surface area contributed by atoms with Crippen LogP contribution in [-0.2, 0) is 10.4 Å². The molecule has 1 aliphatic heterocycles. The van der Waals surface area contributed by atoms with Gasteiger partial charge >= 0.3 is 0 Å². The van der Waals surface area contributed by atoms with E-state index in [2.05, 4.69) is 23.0 Å². The molecular formula is C23H17Cl4N5O. The van der Waals surface area contributed by atoms with Crippen LogP contribution in [0.15, 0.2) is 48.8 Å². The van der Waals surface area contributed by atoms with Crippen molar-refractivity contribution >= 4 is 46.4 Å². The standard InChI is InChI=1S/C16H17ClN2O.C7Cl3N3/c1-16(13-4-3-9-18-11-13)10-15(20-19(16)2)12-5-7-14(17)8-6-12;8-5-3(1-11)13-4(2-12)6(9)7(5)10/h3-9,11,15H,10H2,1-2H3;. The SMILES string of the molecule is CN1OC(c2ccc(Cl)cc2)CC1(C)c1cccnc1.N#Cc1nc(C#N)c(Cl)c(Cl)c1Cl. The summed E-state index contributed by atoms with van der Waals surface area (Å²) >= 11 is 22.8.